The van der Waals surface area contributed by atoms with E-state index in [1.54, 1.807) is 13.2 Å². The van der Waals surface area contributed by atoms with E-state index in [1.807, 2.05) is 36.4 Å². The summed E-state index contributed by atoms with van der Waals surface area (Å²) in [5.41, 5.74) is 1.76. The van der Waals surface area contributed by atoms with Crippen LogP contribution in [-0.2, 0) is 6.54 Å². The van der Waals surface area contributed by atoms with E-state index in [1.165, 1.54) is 0 Å². The molecule has 2 aromatic rings. The molecule has 8 heteroatoms. The smallest absolute Gasteiger partial charge is 0.191 e. The molecular formula is C19H22ClIN6. The minimum absolute atomic E-state index is 0. The molecule has 0 amide bonds. The van der Waals surface area contributed by atoms with Crippen molar-refractivity contribution in [3.8, 4) is 6.07 Å². The topological polar surface area (TPSA) is 76.3 Å². The number of nitriles is 1. The van der Waals surface area contributed by atoms with Gasteiger partial charge in [-0.2, -0.15) is 5.26 Å². The Hall–Kier alpha value is -2.05. The van der Waals surface area contributed by atoms with E-state index in [0.717, 1.165) is 36.9 Å². The lowest BCUT2D eigenvalue weighted by atomic mass is 10.1. The van der Waals surface area contributed by atoms with Crippen LogP contribution >= 0.6 is 35.6 Å². The van der Waals surface area contributed by atoms with E-state index < -0.39 is 0 Å². The van der Waals surface area contributed by atoms with Gasteiger partial charge in [0.2, 0.25) is 0 Å². The molecular weight excluding hydrogens is 475 g/mol. The van der Waals surface area contributed by atoms with Crippen molar-refractivity contribution in [3.63, 3.8) is 0 Å². The molecule has 1 unspecified atom stereocenters. The number of aliphatic imine (C=N–C) groups is 1. The molecule has 2 N–H and O–H groups in total. The molecule has 0 bridgehead atoms. The fourth-order valence-electron chi connectivity index (χ4n) is 2.95. The summed E-state index contributed by atoms with van der Waals surface area (Å²) in [6.07, 6.45) is 2.75. The highest BCUT2D eigenvalue weighted by atomic mass is 127. The van der Waals surface area contributed by atoms with E-state index in [-0.39, 0.29) is 30.0 Å². The number of benzene rings is 1. The molecule has 6 nitrogen and oxygen atoms in total. The molecule has 1 saturated heterocycles. The average molecular weight is 497 g/mol. The second-order valence-electron chi connectivity index (χ2n) is 6.12. The van der Waals surface area contributed by atoms with E-state index in [0.29, 0.717) is 17.1 Å². The molecule has 1 atom stereocenters. The van der Waals surface area contributed by atoms with Gasteiger partial charge < -0.3 is 15.5 Å². The fraction of sp³-hybridized carbons (Fsp3) is 0.316. The second kappa shape index (κ2) is 10.3. The molecule has 1 aliphatic heterocycles. The summed E-state index contributed by atoms with van der Waals surface area (Å²) in [7, 11) is 1.76. The van der Waals surface area contributed by atoms with Crippen LogP contribution < -0.4 is 15.5 Å². The van der Waals surface area contributed by atoms with Gasteiger partial charge in [0, 0.05) is 38.9 Å². The van der Waals surface area contributed by atoms with Crippen LogP contribution in [0.1, 0.15) is 17.5 Å². The van der Waals surface area contributed by atoms with Gasteiger partial charge in [-0.1, -0.05) is 23.7 Å². The zero-order valence-electron chi connectivity index (χ0n) is 15.0. The molecule has 1 fully saturated rings. The summed E-state index contributed by atoms with van der Waals surface area (Å²) in [6, 6.07) is 13.6. The number of rotatable bonds is 4. The summed E-state index contributed by atoms with van der Waals surface area (Å²) in [4.78, 5) is 10.9. The molecule has 3 rings (SSSR count). The fourth-order valence-corrected chi connectivity index (χ4v) is 3.19. The van der Waals surface area contributed by atoms with Crippen LogP contribution in [0, 0.1) is 11.3 Å². The number of guanidine groups is 1. The highest BCUT2D eigenvalue weighted by Gasteiger charge is 2.25. The van der Waals surface area contributed by atoms with Crippen LogP contribution in [0.15, 0.2) is 47.6 Å². The van der Waals surface area contributed by atoms with Crippen molar-refractivity contribution >= 4 is 47.4 Å². The number of nitrogens with one attached hydrogen (secondary N) is 2. The van der Waals surface area contributed by atoms with E-state index >= 15 is 0 Å². The van der Waals surface area contributed by atoms with Crippen LogP contribution in [-0.4, -0.2) is 37.1 Å². The molecule has 142 valence electrons. The minimum atomic E-state index is 0. The van der Waals surface area contributed by atoms with Crippen LogP contribution in [0.4, 0.5) is 5.82 Å². The van der Waals surface area contributed by atoms with Gasteiger partial charge in [-0.3, -0.25) is 4.99 Å². The third kappa shape index (κ3) is 5.71. The van der Waals surface area contributed by atoms with Crippen LogP contribution in [0.3, 0.4) is 0 Å². The largest absolute Gasteiger partial charge is 0.353 e. The van der Waals surface area contributed by atoms with Crippen molar-refractivity contribution < 1.29 is 0 Å². The molecule has 0 spiro atoms. The van der Waals surface area contributed by atoms with E-state index in [9.17, 15) is 0 Å². The van der Waals surface area contributed by atoms with Gasteiger partial charge >= 0.3 is 0 Å². The van der Waals surface area contributed by atoms with Gasteiger partial charge in [-0.05, 0) is 36.2 Å². The number of hydrogen-bond donors (Lipinski definition) is 2. The highest BCUT2D eigenvalue weighted by Crippen LogP contribution is 2.25. The van der Waals surface area contributed by atoms with Gasteiger partial charge in [0.05, 0.1) is 16.7 Å². The van der Waals surface area contributed by atoms with Crippen molar-refractivity contribution in [2.45, 2.75) is 19.0 Å². The number of anilines is 1. The molecule has 2 heterocycles. The maximum atomic E-state index is 8.85. The molecule has 0 saturated carbocycles. The lowest BCUT2D eigenvalue weighted by molar-refractivity contribution is 0.648. The Morgan fingerprint density at radius 2 is 2.15 bits per heavy atom. The van der Waals surface area contributed by atoms with Crippen LogP contribution in [0.5, 0.6) is 0 Å². The Balaban J connectivity index is 0.00000261. The van der Waals surface area contributed by atoms with Crippen LogP contribution in [0.25, 0.3) is 0 Å². The Bertz CT molecular complexity index is 818. The third-order valence-electron chi connectivity index (χ3n) is 4.33. The maximum Gasteiger partial charge on any atom is 0.191 e. The summed E-state index contributed by atoms with van der Waals surface area (Å²) in [6.45, 7) is 2.38. The van der Waals surface area contributed by atoms with E-state index in [4.69, 9.17) is 16.9 Å². The Morgan fingerprint density at radius 3 is 2.81 bits per heavy atom. The minimum Gasteiger partial charge on any atom is -0.353 e. The Morgan fingerprint density at radius 1 is 1.37 bits per heavy atom. The van der Waals surface area contributed by atoms with Crippen LogP contribution in [0.2, 0.25) is 5.02 Å². The van der Waals surface area contributed by atoms with Crippen molar-refractivity contribution in [2.75, 3.05) is 25.0 Å². The SMILES string of the molecule is CN=C(NCc1ccc(C#N)cc1)NC1CCN(c2ncccc2Cl)C1.I. The van der Waals surface area contributed by atoms with Gasteiger partial charge in [-0.25, -0.2) is 4.98 Å². The van der Waals surface area contributed by atoms with Gasteiger partial charge in [0.1, 0.15) is 5.82 Å². The summed E-state index contributed by atoms with van der Waals surface area (Å²) < 4.78 is 0. The second-order valence-corrected chi connectivity index (χ2v) is 6.53. The van der Waals surface area contributed by atoms with Gasteiger partial charge in [0.15, 0.2) is 5.96 Å². The molecule has 0 radical (unpaired) electrons. The van der Waals surface area contributed by atoms with Crippen molar-refractivity contribution in [3.05, 3.63) is 58.7 Å². The quantitative estimate of drug-likeness (QED) is 0.386. The molecule has 1 aliphatic rings. The van der Waals surface area contributed by atoms with Gasteiger partial charge in [0.25, 0.3) is 0 Å². The summed E-state index contributed by atoms with van der Waals surface area (Å²) >= 11 is 6.24. The van der Waals surface area contributed by atoms with Gasteiger partial charge in [-0.15, -0.1) is 24.0 Å². The maximum absolute atomic E-state index is 8.85. The number of nitrogens with zero attached hydrogens (tertiary/aromatic N) is 4. The first-order valence-electron chi connectivity index (χ1n) is 8.51. The first kappa shape index (κ1) is 21.3. The van der Waals surface area contributed by atoms with Crippen molar-refractivity contribution in [1.82, 2.24) is 15.6 Å². The van der Waals surface area contributed by atoms with Crippen molar-refractivity contribution in [1.29, 1.82) is 5.26 Å². The van der Waals surface area contributed by atoms with Crippen molar-refractivity contribution in [2.24, 2.45) is 4.99 Å². The monoisotopic (exact) mass is 496 g/mol. The lowest BCUT2D eigenvalue weighted by Gasteiger charge is -2.20. The number of halogens is 2. The zero-order chi connectivity index (χ0) is 18.4. The summed E-state index contributed by atoms with van der Waals surface area (Å²) in [5, 5.41) is 16.3. The third-order valence-corrected chi connectivity index (χ3v) is 4.63. The zero-order valence-corrected chi connectivity index (χ0v) is 18.1. The normalized spacial score (nSPS) is 16.4. The Kier molecular flexibility index (Phi) is 8.13. The first-order chi connectivity index (χ1) is 12.7. The predicted molar refractivity (Wildman–Crippen MR) is 120 cm³/mol. The number of hydrogen-bond acceptors (Lipinski definition) is 4. The highest BCUT2D eigenvalue weighted by molar-refractivity contribution is 14.0. The standard InChI is InChI=1S/C19H21ClN6.HI/c1-22-19(24-12-15-6-4-14(11-21)5-7-15)25-16-8-10-26(13-16)18-17(20)3-2-9-23-18;/h2-7,9,16H,8,10,12-13H2,1H3,(H2,22,24,25);1H. The number of pyridine rings is 1. The molecule has 1 aromatic carbocycles. The molecule has 0 aliphatic carbocycles. The molecule has 1 aromatic heterocycles. The summed E-state index contributed by atoms with van der Waals surface area (Å²) in [5.74, 6) is 1.59. The molecule has 27 heavy (non-hydrogen) atoms. The predicted octanol–water partition coefficient (Wildman–Crippen LogP) is 3.17. The average Bonchev–Trinajstić information content (AvgIpc) is 3.14. The first-order valence-corrected chi connectivity index (χ1v) is 8.89. The lowest BCUT2D eigenvalue weighted by Crippen LogP contribution is -2.44. The number of aromatic nitrogens is 1. The Labute approximate surface area is 181 Å². The van der Waals surface area contributed by atoms with E-state index in [2.05, 4.69) is 31.6 Å².